The van der Waals surface area contributed by atoms with Gasteiger partial charge in [0.1, 0.15) is 0 Å². The third-order valence-corrected chi connectivity index (χ3v) is 3.59. The molecule has 2 nitrogen and oxygen atoms in total. The molecule has 0 bridgehead atoms. The van der Waals surface area contributed by atoms with Crippen LogP contribution in [0.1, 0.15) is 25.8 Å². The lowest BCUT2D eigenvalue weighted by Gasteiger charge is -2.26. The monoisotopic (exact) mass is 253 g/mol. The molecule has 1 rings (SSSR count). The van der Waals surface area contributed by atoms with Crippen molar-refractivity contribution in [2.24, 2.45) is 0 Å². The Labute approximate surface area is 109 Å². The normalized spacial score (nSPS) is 16.5. The van der Waals surface area contributed by atoms with Gasteiger partial charge in [0, 0.05) is 12.6 Å². The maximum atomic E-state index is 10.4. The summed E-state index contributed by atoms with van der Waals surface area (Å²) in [5, 5.41) is 13.8. The highest BCUT2D eigenvalue weighted by Gasteiger charge is 2.22. The van der Waals surface area contributed by atoms with Crippen LogP contribution in [0.3, 0.4) is 0 Å². The Bertz CT molecular complexity index is 313. The van der Waals surface area contributed by atoms with Gasteiger partial charge in [-0.1, -0.05) is 30.3 Å². The molecule has 0 aliphatic heterocycles. The Hall–Kier alpha value is -0.510. The summed E-state index contributed by atoms with van der Waals surface area (Å²) in [6.07, 6.45) is 3.25. The molecule has 1 aromatic carbocycles. The Morgan fingerprint density at radius 1 is 1.35 bits per heavy atom. The highest BCUT2D eigenvalue weighted by Crippen LogP contribution is 2.19. The third kappa shape index (κ3) is 5.11. The van der Waals surface area contributed by atoms with Gasteiger partial charge in [-0.2, -0.15) is 11.8 Å². The summed E-state index contributed by atoms with van der Waals surface area (Å²) in [6, 6.07) is 10.3. The van der Waals surface area contributed by atoms with E-state index in [0.717, 1.165) is 17.7 Å². The summed E-state index contributed by atoms with van der Waals surface area (Å²) in [6.45, 7) is 4.61. The molecule has 17 heavy (non-hydrogen) atoms. The van der Waals surface area contributed by atoms with Crippen LogP contribution in [-0.2, 0) is 5.60 Å². The van der Waals surface area contributed by atoms with Crippen LogP contribution in [0.2, 0.25) is 0 Å². The van der Waals surface area contributed by atoms with Crippen LogP contribution in [0, 0.1) is 0 Å². The Kier molecular flexibility index (Phi) is 6.03. The molecular formula is C14H23NOS. The van der Waals surface area contributed by atoms with Crippen molar-refractivity contribution in [2.45, 2.75) is 31.9 Å². The first-order chi connectivity index (χ1) is 8.06. The number of aliphatic hydroxyl groups is 1. The lowest BCUT2D eigenvalue weighted by Crippen LogP contribution is -2.39. The predicted molar refractivity (Wildman–Crippen MR) is 76.5 cm³/mol. The summed E-state index contributed by atoms with van der Waals surface area (Å²) in [5.74, 6) is 1.15. The molecule has 0 saturated heterocycles. The second-order valence-corrected chi connectivity index (χ2v) is 5.69. The maximum absolute atomic E-state index is 10.4. The van der Waals surface area contributed by atoms with Gasteiger partial charge in [-0.15, -0.1) is 0 Å². The molecule has 0 fully saturated rings. The van der Waals surface area contributed by atoms with E-state index in [9.17, 15) is 5.11 Å². The highest BCUT2D eigenvalue weighted by molar-refractivity contribution is 7.98. The van der Waals surface area contributed by atoms with Crippen molar-refractivity contribution < 1.29 is 5.11 Å². The zero-order valence-electron chi connectivity index (χ0n) is 10.9. The van der Waals surface area contributed by atoms with E-state index in [-0.39, 0.29) is 0 Å². The molecule has 0 spiro atoms. The molecule has 0 amide bonds. The van der Waals surface area contributed by atoms with Crippen molar-refractivity contribution >= 4 is 11.8 Å². The van der Waals surface area contributed by atoms with Gasteiger partial charge >= 0.3 is 0 Å². The number of hydrogen-bond acceptors (Lipinski definition) is 3. The quantitative estimate of drug-likeness (QED) is 0.783. The minimum absolute atomic E-state index is 0.442. The second kappa shape index (κ2) is 7.04. The number of nitrogens with one attached hydrogen (secondary N) is 1. The topological polar surface area (TPSA) is 32.3 Å². The molecule has 2 unspecified atom stereocenters. The molecule has 2 N–H and O–H groups in total. The Morgan fingerprint density at radius 3 is 2.59 bits per heavy atom. The van der Waals surface area contributed by atoms with Gasteiger partial charge in [0.2, 0.25) is 0 Å². The summed E-state index contributed by atoms with van der Waals surface area (Å²) < 4.78 is 0. The van der Waals surface area contributed by atoms with E-state index >= 15 is 0 Å². The molecule has 3 heteroatoms. The molecule has 96 valence electrons. The van der Waals surface area contributed by atoms with Crippen molar-refractivity contribution in [3.05, 3.63) is 35.9 Å². The maximum Gasteiger partial charge on any atom is 0.0992 e. The van der Waals surface area contributed by atoms with Gasteiger partial charge in [0.15, 0.2) is 0 Å². The third-order valence-electron chi connectivity index (χ3n) is 2.95. The van der Waals surface area contributed by atoms with Gasteiger partial charge in [0.05, 0.1) is 5.60 Å². The van der Waals surface area contributed by atoms with Gasteiger partial charge < -0.3 is 10.4 Å². The first kappa shape index (κ1) is 14.6. The van der Waals surface area contributed by atoms with Crippen LogP contribution < -0.4 is 5.32 Å². The van der Waals surface area contributed by atoms with Crippen LogP contribution in [0.25, 0.3) is 0 Å². The minimum atomic E-state index is -0.797. The molecular weight excluding hydrogens is 230 g/mol. The second-order valence-electron chi connectivity index (χ2n) is 4.70. The fourth-order valence-electron chi connectivity index (χ4n) is 1.67. The summed E-state index contributed by atoms with van der Waals surface area (Å²) in [5.41, 5.74) is 0.166. The van der Waals surface area contributed by atoms with E-state index in [4.69, 9.17) is 0 Å². The summed E-state index contributed by atoms with van der Waals surface area (Å²) in [4.78, 5) is 0. The molecule has 0 heterocycles. The van der Waals surface area contributed by atoms with Crippen molar-refractivity contribution in [1.29, 1.82) is 0 Å². The van der Waals surface area contributed by atoms with Gasteiger partial charge in [0.25, 0.3) is 0 Å². The van der Waals surface area contributed by atoms with E-state index in [2.05, 4.69) is 18.5 Å². The van der Waals surface area contributed by atoms with Crippen molar-refractivity contribution in [1.82, 2.24) is 5.32 Å². The van der Waals surface area contributed by atoms with Crippen LogP contribution >= 0.6 is 11.8 Å². The highest BCUT2D eigenvalue weighted by atomic mass is 32.2. The van der Waals surface area contributed by atoms with Crippen molar-refractivity contribution in [3.63, 3.8) is 0 Å². The van der Waals surface area contributed by atoms with Crippen LogP contribution in [0.15, 0.2) is 30.3 Å². The number of thioether (sulfide) groups is 1. The molecule has 2 atom stereocenters. The van der Waals surface area contributed by atoms with E-state index in [0.29, 0.717) is 12.6 Å². The lowest BCUT2D eigenvalue weighted by molar-refractivity contribution is 0.0543. The van der Waals surface area contributed by atoms with Crippen molar-refractivity contribution in [2.75, 3.05) is 18.6 Å². The largest absolute Gasteiger partial charge is 0.384 e. The van der Waals surface area contributed by atoms with Gasteiger partial charge in [-0.05, 0) is 37.8 Å². The Morgan fingerprint density at radius 2 is 2.00 bits per heavy atom. The number of benzene rings is 1. The first-order valence-corrected chi connectivity index (χ1v) is 7.46. The first-order valence-electron chi connectivity index (χ1n) is 6.06. The molecule has 1 aromatic rings. The van der Waals surface area contributed by atoms with Gasteiger partial charge in [-0.25, -0.2) is 0 Å². The smallest absolute Gasteiger partial charge is 0.0992 e. The van der Waals surface area contributed by atoms with E-state index in [1.165, 1.54) is 0 Å². The van der Waals surface area contributed by atoms with Crippen LogP contribution in [0.5, 0.6) is 0 Å². The standard InChI is InChI=1S/C14H23NOS/c1-12(9-10-17-3)15-11-14(2,16)13-7-5-4-6-8-13/h4-8,12,15-16H,9-11H2,1-3H3. The SMILES string of the molecule is CSCCC(C)NCC(C)(O)c1ccccc1. The van der Waals surface area contributed by atoms with Crippen molar-refractivity contribution in [3.8, 4) is 0 Å². The number of hydrogen-bond donors (Lipinski definition) is 2. The fourth-order valence-corrected chi connectivity index (χ4v) is 2.26. The lowest BCUT2D eigenvalue weighted by atomic mass is 9.96. The minimum Gasteiger partial charge on any atom is -0.384 e. The fraction of sp³-hybridized carbons (Fsp3) is 0.571. The zero-order valence-corrected chi connectivity index (χ0v) is 11.8. The Balaban J connectivity index is 2.45. The van der Waals surface area contributed by atoms with E-state index < -0.39 is 5.60 Å². The summed E-state index contributed by atoms with van der Waals surface area (Å²) in [7, 11) is 0. The molecule has 0 saturated carbocycles. The van der Waals surface area contributed by atoms with Crippen LogP contribution in [0.4, 0.5) is 0 Å². The average molecular weight is 253 g/mol. The van der Waals surface area contributed by atoms with Crippen LogP contribution in [-0.4, -0.2) is 29.7 Å². The average Bonchev–Trinajstić information content (AvgIpc) is 2.35. The van der Waals surface area contributed by atoms with Gasteiger partial charge in [-0.3, -0.25) is 0 Å². The van der Waals surface area contributed by atoms with E-state index in [1.807, 2.05) is 49.0 Å². The predicted octanol–water partition coefficient (Wildman–Crippen LogP) is 2.63. The summed E-state index contributed by atoms with van der Waals surface area (Å²) >= 11 is 1.86. The van der Waals surface area contributed by atoms with E-state index in [1.54, 1.807) is 0 Å². The zero-order chi connectivity index (χ0) is 12.7. The molecule has 0 radical (unpaired) electrons. The molecule has 0 aliphatic rings. The molecule has 0 aromatic heterocycles. The molecule has 0 aliphatic carbocycles. The number of rotatable bonds is 7.